The van der Waals surface area contributed by atoms with Crippen molar-refractivity contribution in [2.75, 3.05) is 52.0 Å². The zero-order chi connectivity index (χ0) is 49.4. The third kappa shape index (κ3) is 13.9. The maximum Gasteiger partial charge on any atom is 0.313 e. The topological polar surface area (TPSA) is 262 Å². The lowest BCUT2D eigenvalue weighted by atomic mass is 9.74. The molecule has 0 spiro atoms. The normalized spacial score (nSPS) is 15.0. The molecule has 2 fully saturated rings. The van der Waals surface area contributed by atoms with Crippen LogP contribution >= 0.6 is 0 Å². The highest BCUT2D eigenvalue weighted by molar-refractivity contribution is 7.84. The van der Waals surface area contributed by atoms with Crippen LogP contribution in [0.2, 0.25) is 0 Å². The number of carbonyl (C=O) groups is 4. The second kappa shape index (κ2) is 25.6. The van der Waals surface area contributed by atoms with Crippen LogP contribution in [0.5, 0.6) is 23.0 Å². The summed E-state index contributed by atoms with van der Waals surface area (Å²) < 4.78 is 44.7. The minimum Gasteiger partial charge on any atom is -0.466 e. The fraction of sp³-hybridized carbons (Fsp3) is 0.440. The van der Waals surface area contributed by atoms with Crippen LogP contribution in [0.25, 0.3) is 22.2 Å². The fourth-order valence-corrected chi connectivity index (χ4v) is 8.49. The Hall–Kier alpha value is -6.93. The van der Waals surface area contributed by atoms with Crippen molar-refractivity contribution < 1.29 is 51.2 Å². The van der Waals surface area contributed by atoms with Crippen molar-refractivity contribution in [2.45, 2.75) is 90.7 Å². The van der Waals surface area contributed by atoms with E-state index >= 15 is 0 Å². The number of esters is 2. The lowest BCUT2D eigenvalue weighted by Crippen LogP contribution is -2.41. The molecule has 4 aromatic heterocycles. The summed E-state index contributed by atoms with van der Waals surface area (Å²) in [5.74, 6) is 1.17. The molecule has 376 valence electrons. The van der Waals surface area contributed by atoms with E-state index < -0.39 is 16.2 Å². The van der Waals surface area contributed by atoms with Crippen molar-refractivity contribution in [3.05, 3.63) is 84.4 Å². The van der Waals surface area contributed by atoms with Gasteiger partial charge in [0.25, 0.3) is 23.1 Å². The number of amides is 2. The zero-order valence-corrected chi connectivity index (χ0v) is 40.4. The van der Waals surface area contributed by atoms with Crippen LogP contribution in [-0.2, 0) is 29.9 Å². The predicted molar refractivity (Wildman–Crippen MR) is 264 cm³/mol. The molecule has 20 heteroatoms. The summed E-state index contributed by atoms with van der Waals surface area (Å²) >= 11 is 0. The van der Waals surface area contributed by atoms with Crippen molar-refractivity contribution >= 4 is 62.8 Å². The predicted octanol–water partition coefficient (Wildman–Crippen LogP) is 8.51. The van der Waals surface area contributed by atoms with Crippen LogP contribution < -0.4 is 31.2 Å². The van der Waals surface area contributed by atoms with Gasteiger partial charge in [-0.15, -0.1) is 0 Å². The number of nitrogens with one attached hydrogen (secondary N) is 3. The first kappa shape index (κ1) is 54.0. The number of oxazole rings is 2. The van der Waals surface area contributed by atoms with Crippen LogP contribution in [0.4, 0.5) is 6.01 Å². The van der Waals surface area contributed by atoms with Gasteiger partial charge in [-0.2, -0.15) is 4.98 Å². The van der Waals surface area contributed by atoms with Gasteiger partial charge in [-0.25, -0.2) is 9.19 Å². The number of carbonyl (C=O) groups excluding carboxylic acids is 4. The Balaban J connectivity index is 0.000000214. The number of fused-ring (bicyclic) bond motifs is 2. The molecular weight excluding hydrogens is 921 g/mol. The number of hydrogen-bond acceptors (Lipinski definition) is 17. The van der Waals surface area contributed by atoms with E-state index in [9.17, 15) is 23.4 Å². The molecule has 1 atom stereocenters. The summed E-state index contributed by atoms with van der Waals surface area (Å²) in [5, 5.41) is 8.41. The summed E-state index contributed by atoms with van der Waals surface area (Å²) in [7, 11) is 1.79. The Morgan fingerprint density at radius 1 is 0.657 bits per heavy atom. The highest BCUT2D eigenvalue weighted by atomic mass is 32.2. The molecule has 0 radical (unpaired) electrons. The Kier molecular flexibility index (Phi) is 19.8. The molecule has 70 heavy (non-hydrogen) atoms. The minimum absolute atomic E-state index is 0. The number of hydrogen-bond donors (Lipinski definition) is 4. The second-order valence-electron chi connectivity index (χ2n) is 16.5. The number of nitrogens with zero attached hydrogens (tertiary/aromatic N) is 4. The van der Waals surface area contributed by atoms with E-state index in [1.165, 1.54) is 38.2 Å². The van der Waals surface area contributed by atoms with Crippen molar-refractivity contribution in [1.82, 2.24) is 30.6 Å². The molecule has 2 saturated carbocycles. The van der Waals surface area contributed by atoms with Crippen LogP contribution in [0, 0.1) is 10.8 Å². The Morgan fingerprint density at radius 2 is 1.11 bits per heavy atom. The molecule has 0 aliphatic heterocycles. The molecule has 2 aliphatic carbocycles. The smallest absolute Gasteiger partial charge is 0.313 e. The quantitative estimate of drug-likeness (QED) is 0.0703. The SMILES string of the molecule is C.CCOC(=O)C1(CN)CCCCC1.CCOC(=O)C1(CNc2nc3ccc(Oc4ccnc(C(=O)NC)c4)cc3o2)CCCCC1.CNC(=O)c1cc(Oc2ccc3nc(S(C)=O)oc3c2)ccn1. The third-order valence-electron chi connectivity index (χ3n) is 11.8. The number of nitrogens with two attached hydrogens (primary N) is 1. The lowest BCUT2D eigenvalue weighted by molar-refractivity contribution is -0.157. The van der Waals surface area contributed by atoms with Crippen molar-refractivity contribution in [3.63, 3.8) is 0 Å². The molecule has 2 aliphatic rings. The summed E-state index contributed by atoms with van der Waals surface area (Å²) in [6.07, 6.45) is 14.5. The van der Waals surface area contributed by atoms with Gasteiger partial charge in [-0.05, 0) is 75.9 Å². The summed E-state index contributed by atoms with van der Waals surface area (Å²) in [5.41, 5.74) is 7.58. The van der Waals surface area contributed by atoms with Gasteiger partial charge in [-0.1, -0.05) is 46.0 Å². The first-order valence-corrected chi connectivity index (χ1v) is 24.6. The van der Waals surface area contributed by atoms with Gasteiger partial charge in [0.1, 0.15) is 56.2 Å². The van der Waals surface area contributed by atoms with Gasteiger partial charge >= 0.3 is 11.9 Å². The first-order chi connectivity index (χ1) is 33.3. The molecule has 4 heterocycles. The van der Waals surface area contributed by atoms with Crippen molar-refractivity contribution in [1.29, 1.82) is 0 Å². The zero-order valence-electron chi connectivity index (χ0n) is 39.6. The van der Waals surface area contributed by atoms with Crippen LogP contribution in [0.15, 0.2) is 87.1 Å². The first-order valence-electron chi connectivity index (χ1n) is 23.0. The van der Waals surface area contributed by atoms with E-state index in [-0.39, 0.29) is 53.2 Å². The van der Waals surface area contributed by atoms with E-state index in [1.54, 1.807) is 61.6 Å². The van der Waals surface area contributed by atoms with Gasteiger partial charge < -0.3 is 49.5 Å². The number of pyridine rings is 2. The van der Waals surface area contributed by atoms with Crippen LogP contribution in [0.1, 0.15) is 106 Å². The third-order valence-corrected chi connectivity index (χ3v) is 12.5. The van der Waals surface area contributed by atoms with Gasteiger partial charge in [0.15, 0.2) is 11.2 Å². The standard InChI is InChI=1S/C24H28N4O5.C15H13N3O4S.C10H19NO2.CH4/c1-3-31-22(30)24(10-5-4-6-11-24)15-27-23-28-18-8-7-16(14-20(18)33-23)32-17-9-12-26-19(13-17)21(29)25-2;1-16-14(19)12-7-10(5-6-17-12)21-9-3-4-11-13(8-9)22-15(18-11)23(2)20;1-2-13-9(12)10(8-11)6-4-3-5-7-10;/h7-9,12-14H,3-6,10-11,15H2,1-2H3,(H,25,29)(H,27,28);3-8H,1-2H3,(H,16,19);2-8,11H2,1H3;1H4. The Bertz CT molecular complexity index is 2730. The van der Waals surface area contributed by atoms with E-state index in [0.717, 1.165) is 57.8 Å². The van der Waals surface area contributed by atoms with Gasteiger partial charge in [0, 0.05) is 70.1 Å². The monoisotopic (exact) mass is 984 g/mol. The maximum atomic E-state index is 12.7. The van der Waals surface area contributed by atoms with Crippen LogP contribution in [-0.4, -0.2) is 94.6 Å². The van der Waals surface area contributed by atoms with Gasteiger partial charge in [0.2, 0.25) is 0 Å². The average molecular weight is 985 g/mol. The van der Waals surface area contributed by atoms with Crippen molar-refractivity contribution in [3.8, 4) is 23.0 Å². The molecule has 2 aromatic carbocycles. The maximum absolute atomic E-state index is 12.7. The number of benzene rings is 2. The fourth-order valence-electron chi connectivity index (χ4n) is 8.06. The van der Waals surface area contributed by atoms with E-state index in [1.807, 2.05) is 13.8 Å². The highest BCUT2D eigenvalue weighted by Gasteiger charge is 2.41. The van der Waals surface area contributed by atoms with E-state index in [2.05, 4.69) is 35.9 Å². The molecule has 1 unspecified atom stereocenters. The number of rotatable bonds is 15. The lowest BCUT2D eigenvalue weighted by Gasteiger charge is -2.34. The Morgan fingerprint density at radius 3 is 1.59 bits per heavy atom. The van der Waals surface area contributed by atoms with E-state index in [0.29, 0.717) is 77.5 Å². The van der Waals surface area contributed by atoms with Crippen LogP contribution in [0.3, 0.4) is 0 Å². The molecule has 6 aromatic rings. The molecule has 2 amide bonds. The molecule has 19 nitrogen and oxygen atoms in total. The highest BCUT2D eigenvalue weighted by Crippen LogP contribution is 2.39. The largest absolute Gasteiger partial charge is 0.466 e. The van der Waals surface area contributed by atoms with Crippen molar-refractivity contribution in [2.24, 2.45) is 16.6 Å². The summed E-state index contributed by atoms with van der Waals surface area (Å²) in [6, 6.07) is 17.1. The molecular formula is C50H64N8O11S. The molecule has 5 N–H and O–H groups in total. The van der Waals surface area contributed by atoms with Gasteiger partial charge in [0.05, 0.1) is 24.0 Å². The molecule has 0 saturated heterocycles. The number of anilines is 1. The average Bonchev–Trinajstić information content (AvgIpc) is 4.00. The summed E-state index contributed by atoms with van der Waals surface area (Å²) in [6.45, 7) is 5.35. The molecule has 0 bridgehead atoms. The van der Waals surface area contributed by atoms with E-state index in [4.69, 9.17) is 33.5 Å². The number of ether oxygens (including phenoxy) is 4. The minimum atomic E-state index is -1.29. The Labute approximate surface area is 409 Å². The second-order valence-corrected chi connectivity index (χ2v) is 17.8. The van der Waals surface area contributed by atoms with Gasteiger partial charge in [-0.3, -0.25) is 29.1 Å². The number of aromatic nitrogens is 4. The summed E-state index contributed by atoms with van der Waals surface area (Å²) in [4.78, 5) is 64.3. The molecule has 8 rings (SSSR count).